The molecule has 3 N–H and O–H groups in total. The summed E-state index contributed by atoms with van der Waals surface area (Å²) in [5.41, 5.74) is 9.29. The number of carbonyl (C=O) groups is 1. The van der Waals surface area contributed by atoms with Crippen molar-refractivity contribution < 1.29 is 4.79 Å². The molecule has 1 aliphatic rings. The summed E-state index contributed by atoms with van der Waals surface area (Å²) in [5, 5.41) is 3.28. The van der Waals surface area contributed by atoms with Gasteiger partial charge in [-0.2, -0.15) is 0 Å². The first-order valence-corrected chi connectivity index (χ1v) is 7.23. The van der Waals surface area contributed by atoms with Gasteiger partial charge < -0.3 is 16.0 Å². The van der Waals surface area contributed by atoms with Gasteiger partial charge in [-0.3, -0.25) is 4.79 Å². The van der Waals surface area contributed by atoms with Crippen LogP contribution in [0, 0.1) is 19.3 Å². The average Bonchev–Trinajstić information content (AvgIpc) is 2.81. The molecule has 4 heteroatoms. The third-order valence-corrected chi connectivity index (χ3v) is 4.30. The SMILES string of the molecule is Cc1cccc(C)c1NCC(=O)N1CCC(C)(CN)C1. The van der Waals surface area contributed by atoms with E-state index in [-0.39, 0.29) is 11.3 Å². The van der Waals surface area contributed by atoms with E-state index in [4.69, 9.17) is 5.73 Å². The van der Waals surface area contributed by atoms with Crippen LogP contribution >= 0.6 is 0 Å². The van der Waals surface area contributed by atoms with Crippen LogP contribution in [0.2, 0.25) is 0 Å². The summed E-state index contributed by atoms with van der Waals surface area (Å²) in [6, 6.07) is 6.15. The highest BCUT2D eigenvalue weighted by molar-refractivity contribution is 5.81. The molecule has 1 aliphatic heterocycles. The lowest BCUT2D eigenvalue weighted by atomic mass is 9.90. The number of amides is 1. The normalized spacial score (nSPS) is 22.1. The number of benzene rings is 1. The number of aryl methyl sites for hydroxylation is 2. The highest BCUT2D eigenvalue weighted by Crippen LogP contribution is 2.28. The zero-order valence-electron chi connectivity index (χ0n) is 12.7. The van der Waals surface area contributed by atoms with E-state index in [1.165, 1.54) is 11.1 Å². The average molecular weight is 275 g/mol. The Bertz CT molecular complexity index is 480. The Morgan fingerprint density at radius 3 is 2.60 bits per heavy atom. The van der Waals surface area contributed by atoms with Crippen LogP contribution in [0.25, 0.3) is 0 Å². The summed E-state index contributed by atoms with van der Waals surface area (Å²) < 4.78 is 0. The Morgan fingerprint density at radius 2 is 2.05 bits per heavy atom. The number of nitrogens with zero attached hydrogens (tertiary/aromatic N) is 1. The Hall–Kier alpha value is -1.55. The number of likely N-dealkylation sites (tertiary alicyclic amines) is 1. The zero-order valence-corrected chi connectivity index (χ0v) is 12.7. The van der Waals surface area contributed by atoms with Crippen molar-refractivity contribution >= 4 is 11.6 Å². The minimum absolute atomic E-state index is 0.0915. The smallest absolute Gasteiger partial charge is 0.241 e. The summed E-state index contributed by atoms with van der Waals surface area (Å²) in [6.07, 6.45) is 0.999. The number of anilines is 1. The van der Waals surface area contributed by atoms with Crippen LogP contribution < -0.4 is 11.1 Å². The fraction of sp³-hybridized carbons (Fsp3) is 0.562. The molecule has 0 radical (unpaired) electrons. The highest BCUT2D eigenvalue weighted by Gasteiger charge is 2.34. The molecule has 0 aromatic heterocycles. The standard InChI is InChI=1S/C16H25N3O/c1-12-5-4-6-13(2)15(12)18-9-14(20)19-8-7-16(3,10-17)11-19/h4-6,18H,7-11,17H2,1-3H3. The summed E-state index contributed by atoms with van der Waals surface area (Å²) in [5.74, 6) is 0.157. The van der Waals surface area contributed by atoms with Crippen molar-refractivity contribution in [3.8, 4) is 0 Å². The molecule has 1 aromatic rings. The van der Waals surface area contributed by atoms with Crippen molar-refractivity contribution in [3.63, 3.8) is 0 Å². The third kappa shape index (κ3) is 3.12. The number of nitrogens with one attached hydrogen (secondary N) is 1. The Labute approximate surface area is 121 Å². The van der Waals surface area contributed by atoms with E-state index < -0.39 is 0 Å². The molecule has 1 aromatic carbocycles. The minimum atomic E-state index is 0.0915. The second kappa shape index (κ2) is 5.83. The lowest BCUT2D eigenvalue weighted by Crippen LogP contribution is -2.37. The first kappa shape index (κ1) is 14.9. The van der Waals surface area contributed by atoms with E-state index in [9.17, 15) is 4.79 Å². The fourth-order valence-electron chi connectivity index (χ4n) is 2.77. The van der Waals surface area contributed by atoms with E-state index in [1.807, 2.05) is 11.0 Å². The molecule has 1 heterocycles. The van der Waals surface area contributed by atoms with E-state index in [0.717, 1.165) is 25.2 Å². The maximum Gasteiger partial charge on any atom is 0.241 e. The van der Waals surface area contributed by atoms with Gasteiger partial charge in [-0.15, -0.1) is 0 Å². The number of hydrogen-bond acceptors (Lipinski definition) is 3. The number of hydrogen-bond donors (Lipinski definition) is 2. The van der Waals surface area contributed by atoms with Gasteiger partial charge in [0.1, 0.15) is 0 Å². The van der Waals surface area contributed by atoms with Crippen LogP contribution in [0.15, 0.2) is 18.2 Å². The summed E-state index contributed by atoms with van der Waals surface area (Å²) in [6.45, 7) is 8.85. The molecule has 110 valence electrons. The van der Waals surface area contributed by atoms with Gasteiger partial charge in [0.25, 0.3) is 0 Å². The van der Waals surface area contributed by atoms with E-state index >= 15 is 0 Å². The van der Waals surface area contributed by atoms with Crippen molar-refractivity contribution in [1.82, 2.24) is 4.90 Å². The summed E-state index contributed by atoms with van der Waals surface area (Å²) >= 11 is 0. The van der Waals surface area contributed by atoms with Crippen molar-refractivity contribution in [1.29, 1.82) is 0 Å². The van der Waals surface area contributed by atoms with E-state index in [2.05, 4.69) is 38.2 Å². The Balaban J connectivity index is 1.93. The van der Waals surface area contributed by atoms with Gasteiger partial charge in [0, 0.05) is 18.8 Å². The predicted molar refractivity (Wildman–Crippen MR) is 82.8 cm³/mol. The third-order valence-electron chi connectivity index (χ3n) is 4.30. The molecule has 1 saturated heterocycles. The monoisotopic (exact) mass is 275 g/mol. The second-order valence-electron chi connectivity index (χ2n) is 6.20. The number of nitrogens with two attached hydrogens (primary N) is 1. The molecular formula is C16H25N3O. The van der Waals surface area contributed by atoms with Crippen molar-refractivity contribution in [2.45, 2.75) is 27.2 Å². The van der Waals surface area contributed by atoms with Gasteiger partial charge in [-0.1, -0.05) is 25.1 Å². The van der Waals surface area contributed by atoms with Crippen molar-refractivity contribution in [3.05, 3.63) is 29.3 Å². The van der Waals surface area contributed by atoms with Gasteiger partial charge in [-0.05, 0) is 43.4 Å². The maximum absolute atomic E-state index is 12.3. The van der Waals surface area contributed by atoms with Gasteiger partial charge in [-0.25, -0.2) is 0 Å². The minimum Gasteiger partial charge on any atom is -0.376 e. The van der Waals surface area contributed by atoms with Gasteiger partial charge >= 0.3 is 0 Å². The molecule has 1 fully saturated rings. The molecule has 0 aliphatic carbocycles. The molecule has 1 unspecified atom stereocenters. The van der Waals surface area contributed by atoms with Crippen LogP contribution in [0.1, 0.15) is 24.5 Å². The number of para-hydroxylation sites is 1. The van der Waals surface area contributed by atoms with Crippen LogP contribution in [0.3, 0.4) is 0 Å². The molecule has 1 atom stereocenters. The molecular weight excluding hydrogens is 250 g/mol. The van der Waals surface area contributed by atoms with Crippen LogP contribution in [0.5, 0.6) is 0 Å². The first-order chi connectivity index (χ1) is 9.45. The second-order valence-corrected chi connectivity index (χ2v) is 6.20. The molecule has 4 nitrogen and oxygen atoms in total. The molecule has 0 saturated carbocycles. The highest BCUT2D eigenvalue weighted by atomic mass is 16.2. The molecule has 20 heavy (non-hydrogen) atoms. The molecule has 1 amide bonds. The fourth-order valence-corrected chi connectivity index (χ4v) is 2.77. The van der Waals surface area contributed by atoms with Crippen LogP contribution in [-0.2, 0) is 4.79 Å². The largest absolute Gasteiger partial charge is 0.376 e. The van der Waals surface area contributed by atoms with E-state index in [0.29, 0.717) is 13.1 Å². The quantitative estimate of drug-likeness (QED) is 0.882. The Kier molecular flexibility index (Phi) is 4.33. The molecule has 2 rings (SSSR count). The lowest BCUT2D eigenvalue weighted by molar-refractivity contribution is -0.128. The Morgan fingerprint density at radius 1 is 1.40 bits per heavy atom. The molecule has 0 spiro atoms. The zero-order chi connectivity index (χ0) is 14.8. The van der Waals surface area contributed by atoms with E-state index in [1.54, 1.807) is 0 Å². The van der Waals surface area contributed by atoms with Crippen molar-refractivity contribution in [2.24, 2.45) is 11.1 Å². The maximum atomic E-state index is 12.3. The predicted octanol–water partition coefficient (Wildman–Crippen LogP) is 1.91. The number of rotatable bonds is 4. The van der Waals surface area contributed by atoms with Crippen LogP contribution in [0.4, 0.5) is 5.69 Å². The summed E-state index contributed by atoms with van der Waals surface area (Å²) in [7, 11) is 0. The summed E-state index contributed by atoms with van der Waals surface area (Å²) in [4.78, 5) is 14.2. The first-order valence-electron chi connectivity index (χ1n) is 7.23. The lowest BCUT2D eigenvalue weighted by Gasteiger charge is -2.23. The van der Waals surface area contributed by atoms with Crippen LogP contribution in [-0.4, -0.2) is 37.0 Å². The van der Waals surface area contributed by atoms with Gasteiger partial charge in [0.05, 0.1) is 6.54 Å². The van der Waals surface area contributed by atoms with Crippen molar-refractivity contribution in [2.75, 3.05) is 31.5 Å². The number of carbonyl (C=O) groups excluding carboxylic acids is 1. The van der Waals surface area contributed by atoms with Gasteiger partial charge in [0.15, 0.2) is 0 Å². The topological polar surface area (TPSA) is 58.4 Å². The van der Waals surface area contributed by atoms with Gasteiger partial charge in [0.2, 0.25) is 5.91 Å². The molecule has 0 bridgehead atoms.